The summed E-state index contributed by atoms with van der Waals surface area (Å²) in [6, 6.07) is 2.32. The predicted octanol–water partition coefficient (Wildman–Crippen LogP) is 1.78. The number of nitrogens with one attached hydrogen (secondary N) is 1. The van der Waals surface area contributed by atoms with E-state index in [1.807, 2.05) is 6.07 Å². The summed E-state index contributed by atoms with van der Waals surface area (Å²) >= 11 is 3.36. The maximum absolute atomic E-state index is 11.2. The number of hydrogen-bond donors (Lipinski definition) is 1. The van der Waals surface area contributed by atoms with Gasteiger partial charge < -0.3 is 5.32 Å². The van der Waals surface area contributed by atoms with Gasteiger partial charge in [0.2, 0.25) is 0 Å². The van der Waals surface area contributed by atoms with Crippen LogP contribution in [0.4, 0.5) is 5.69 Å². The van der Waals surface area contributed by atoms with Crippen molar-refractivity contribution in [2.24, 2.45) is 0 Å². The van der Waals surface area contributed by atoms with Gasteiger partial charge in [-0.25, -0.2) is 0 Å². The van der Waals surface area contributed by atoms with Crippen LogP contribution in [0, 0.1) is 0 Å². The summed E-state index contributed by atoms with van der Waals surface area (Å²) in [7, 11) is -0.627. The summed E-state index contributed by atoms with van der Waals surface area (Å²) in [5, 5.41) is 3.33. The minimum atomic E-state index is -0.627. The maximum Gasteiger partial charge on any atom is 0.0540 e. The first-order valence-electron chi connectivity index (χ1n) is 4.46. The van der Waals surface area contributed by atoms with Gasteiger partial charge in [0.25, 0.3) is 0 Å². The molecule has 1 aromatic rings. The second-order valence-electron chi connectivity index (χ2n) is 3.33. The average Bonchev–Trinajstić information content (AvgIpc) is 2.51. The molecule has 0 aliphatic carbocycles. The fraction of sp³-hybridized carbons (Fsp3) is 0.444. The van der Waals surface area contributed by atoms with E-state index in [4.69, 9.17) is 0 Å². The van der Waals surface area contributed by atoms with Crippen molar-refractivity contribution in [2.45, 2.75) is 12.5 Å². The van der Waals surface area contributed by atoms with Crippen LogP contribution in [-0.4, -0.2) is 26.7 Å². The molecule has 0 radical (unpaired) electrons. The van der Waals surface area contributed by atoms with Gasteiger partial charge >= 0.3 is 0 Å². The second kappa shape index (κ2) is 4.40. The molecule has 1 N–H and O–H groups in total. The van der Waals surface area contributed by atoms with Gasteiger partial charge in [-0.2, -0.15) is 0 Å². The molecule has 76 valence electrons. The highest BCUT2D eigenvalue weighted by Gasteiger charge is 2.20. The largest absolute Gasteiger partial charge is 0.380 e. The molecule has 14 heavy (non-hydrogen) atoms. The average molecular weight is 275 g/mol. The Bertz CT molecular complexity index is 358. The van der Waals surface area contributed by atoms with Crippen molar-refractivity contribution < 1.29 is 4.21 Å². The van der Waals surface area contributed by atoms with Crippen LogP contribution in [0.5, 0.6) is 0 Å². The van der Waals surface area contributed by atoms with Gasteiger partial charge in [-0.1, -0.05) is 0 Å². The lowest BCUT2D eigenvalue weighted by molar-refractivity contribution is 0.687. The fourth-order valence-corrected chi connectivity index (χ4v) is 3.28. The van der Waals surface area contributed by atoms with Crippen LogP contribution >= 0.6 is 15.9 Å². The van der Waals surface area contributed by atoms with E-state index in [1.165, 1.54) is 0 Å². The van der Waals surface area contributed by atoms with Gasteiger partial charge in [-0.3, -0.25) is 9.19 Å². The van der Waals surface area contributed by atoms with Crippen LogP contribution in [0.2, 0.25) is 0 Å². The Morgan fingerprint density at radius 3 is 3.07 bits per heavy atom. The van der Waals surface area contributed by atoms with Crippen molar-refractivity contribution in [1.82, 2.24) is 4.98 Å². The summed E-state index contributed by atoms with van der Waals surface area (Å²) in [6.45, 7) is 0. The van der Waals surface area contributed by atoms with Gasteiger partial charge in [-0.15, -0.1) is 0 Å². The van der Waals surface area contributed by atoms with Crippen molar-refractivity contribution in [1.29, 1.82) is 0 Å². The summed E-state index contributed by atoms with van der Waals surface area (Å²) in [4.78, 5) is 4.06. The highest BCUT2D eigenvalue weighted by molar-refractivity contribution is 9.10. The number of aromatic nitrogens is 1. The first-order valence-corrected chi connectivity index (χ1v) is 6.74. The molecular formula is C9H11BrN2OS. The normalized spacial score (nSPS) is 26.4. The zero-order chi connectivity index (χ0) is 9.97. The third kappa shape index (κ3) is 2.54. The Kier molecular flexibility index (Phi) is 3.18. The van der Waals surface area contributed by atoms with Crippen LogP contribution in [0.1, 0.15) is 6.42 Å². The van der Waals surface area contributed by atoms with E-state index in [0.717, 1.165) is 28.1 Å². The Hall–Kier alpha value is -0.420. The van der Waals surface area contributed by atoms with E-state index in [-0.39, 0.29) is 0 Å². The number of pyridine rings is 1. The lowest BCUT2D eigenvalue weighted by atomic mass is 10.2. The van der Waals surface area contributed by atoms with Gasteiger partial charge in [0, 0.05) is 39.0 Å². The molecule has 3 nitrogen and oxygen atoms in total. The highest BCUT2D eigenvalue weighted by Crippen LogP contribution is 2.17. The second-order valence-corrected chi connectivity index (χ2v) is 5.87. The molecule has 0 spiro atoms. The molecule has 2 atom stereocenters. The molecule has 0 amide bonds. The minimum absolute atomic E-state index is 0.340. The van der Waals surface area contributed by atoms with Crippen LogP contribution in [0.15, 0.2) is 22.9 Å². The molecule has 0 aromatic carbocycles. The minimum Gasteiger partial charge on any atom is -0.380 e. The van der Waals surface area contributed by atoms with Crippen LogP contribution < -0.4 is 5.32 Å². The van der Waals surface area contributed by atoms with Gasteiger partial charge in [-0.05, 0) is 28.4 Å². The first-order chi connectivity index (χ1) is 6.74. The molecule has 1 fully saturated rings. The van der Waals surface area contributed by atoms with E-state index < -0.39 is 10.8 Å². The summed E-state index contributed by atoms with van der Waals surface area (Å²) in [5.74, 6) is 1.58. The molecule has 2 heterocycles. The van der Waals surface area contributed by atoms with Crippen LogP contribution in [0.3, 0.4) is 0 Å². The van der Waals surface area contributed by atoms with Crippen molar-refractivity contribution in [3.05, 3.63) is 22.9 Å². The molecule has 1 aliphatic heterocycles. The predicted molar refractivity (Wildman–Crippen MR) is 61.8 cm³/mol. The summed E-state index contributed by atoms with van der Waals surface area (Å²) in [6.07, 6.45) is 4.52. The first kappa shape index (κ1) is 10.1. The Morgan fingerprint density at radius 2 is 2.43 bits per heavy atom. The molecule has 2 rings (SSSR count). The molecule has 1 aliphatic rings. The van der Waals surface area contributed by atoms with E-state index in [0.29, 0.717) is 6.04 Å². The van der Waals surface area contributed by atoms with Crippen LogP contribution in [-0.2, 0) is 10.8 Å². The fourth-order valence-electron chi connectivity index (χ4n) is 1.51. The lowest BCUT2D eigenvalue weighted by Crippen LogP contribution is -2.19. The monoisotopic (exact) mass is 274 g/mol. The van der Waals surface area contributed by atoms with E-state index >= 15 is 0 Å². The smallest absolute Gasteiger partial charge is 0.0540 e. The molecule has 1 aromatic heterocycles. The van der Waals surface area contributed by atoms with Crippen LogP contribution in [0.25, 0.3) is 0 Å². The Labute approximate surface area is 93.9 Å². The number of rotatable bonds is 2. The number of nitrogens with zero attached hydrogens (tertiary/aromatic N) is 1. The number of halogens is 1. The van der Waals surface area contributed by atoms with Crippen molar-refractivity contribution >= 4 is 32.4 Å². The quantitative estimate of drug-likeness (QED) is 0.894. The molecule has 5 heteroatoms. The third-order valence-corrected chi connectivity index (χ3v) is 4.06. The molecule has 1 saturated heterocycles. The number of hydrogen-bond acceptors (Lipinski definition) is 3. The van der Waals surface area contributed by atoms with E-state index in [9.17, 15) is 4.21 Å². The SMILES string of the molecule is O=S1CCC(Nc2cncc(Br)c2)C1. The van der Waals surface area contributed by atoms with E-state index in [2.05, 4.69) is 26.2 Å². The van der Waals surface area contributed by atoms with Gasteiger partial charge in [0.15, 0.2) is 0 Å². The van der Waals surface area contributed by atoms with Gasteiger partial charge in [0.05, 0.1) is 11.9 Å². The topological polar surface area (TPSA) is 42.0 Å². The number of anilines is 1. The van der Waals surface area contributed by atoms with Crippen molar-refractivity contribution in [2.75, 3.05) is 16.8 Å². The van der Waals surface area contributed by atoms with Crippen molar-refractivity contribution in [3.8, 4) is 0 Å². The summed E-state index contributed by atoms with van der Waals surface area (Å²) < 4.78 is 12.1. The third-order valence-electron chi connectivity index (χ3n) is 2.16. The van der Waals surface area contributed by atoms with Gasteiger partial charge in [0.1, 0.15) is 0 Å². The maximum atomic E-state index is 11.2. The van der Waals surface area contributed by atoms with Crippen molar-refractivity contribution in [3.63, 3.8) is 0 Å². The molecule has 2 unspecified atom stereocenters. The zero-order valence-corrected chi connectivity index (χ0v) is 9.97. The van der Waals surface area contributed by atoms with E-state index in [1.54, 1.807) is 12.4 Å². The Morgan fingerprint density at radius 1 is 1.57 bits per heavy atom. The zero-order valence-electron chi connectivity index (χ0n) is 7.57. The molecule has 0 bridgehead atoms. The summed E-state index contributed by atoms with van der Waals surface area (Å²) in [5.41, 5.74) is 0.989. The Balaban J connectivity index is 2.00. The molecule has 0 saturated carbocycles. The standard InChI is InChI=1S/C9H11BrN2OS/c10-7-3-9(5-11-4-7)12-8-1-2-14(13)6-8/h3-5,8,12H,1-2,6H2. The highest BCUT2D eigenvalue weighted by atomic mass is 79.9. The molecular weight excluding hydrogens is 264 g/mol. The lowest BCUT2D eigenvalue weighted by Gasteiger charge is -2.11.